The molecule has 4 aliphatic heterocycles. The lowest BCUT2D eigenvalue weighted by molar-refractivity contribution is 0.00514. The highest BCUT2D eigenvalue weighted by Gasteiger charge is 2.47. The molecule has 0 aromatic heterocycles. The molecule has 0 saturated carbocycles. The highest BCUT2D eigenvalue weighted by molar-refractivity contribution is 7.98. The van der Waals surface area contributed by atoms with Crippen LogP contribution in [0, 0.1) is 17.3 Å². The SMILES string of the molecule is CC(C)(C)C1CCC2CNSC3CCCC(N3)NC(C(C)(C)O)CC[C@@H]3CN(C2N1)C(C)(C)C3. The van der Waals surface area contributed by atoms with E-state index >= 15 is 0 Å². The highest BCUT2D eigenvalue weighted by Crippen LogP contribution is 2.41. The number of fused-ring (bicyclic) bond motifs is 6. The Balaban J connectivity index is 1.57. The maximum Gasteiger partial charge on any atom is 0.0744 e. The topological polar surface area (TPSA) is 71.6 Å². The fourth-order valence-electron chi connectivity index (χ4n) is 6.97. The van der Waals surface area contributed by atoms with Crippen LogP contribution < -0.4 is 20.7 Å². The predicted molar refractivity (Wildman–Crippen MR) is 144 cm³/mol. The third-order valence-electron chi connectivity index (χ3n) is 9.08. The molecule has 0 aliphatic carbocycles. The zero-order valence-corrected chi connectivity index (χ0v) is 23.7. The molecular formula is C27H53N5OS. The van der Waals surface area contributed by atoms with E-state index in [1.165, 1.54) is 38.5 Å². The molecule has 4 fully saturated rings. The van der Waals surface area contributed by atoms with Crippen molar-refractivity contribution in [1.29, 1.82) is 0 Å². The summed E-state index contributed by atoms with van der Waals surface area (Å²) in [7, 11) is 0. The van der Waals surface area contributed by atoms with E-state index in [0.29, 0.717) is 29.4 Å². The number of hydrogen-bond acceptors (Lipinski definition) is 7. The number of rotatable bonds is 1. The van der Waals surface area contributed by atoms with Crippen LogP contribution in [-0.2, 0) is 0 Å². The van der Waals surface area contributed by atoms with E-state index in [9.17, 15) is 5.11 Å². The van der Waals surface area contributed by atoms with Crippen LogP contribution in [0.3, 0.4) is 0 Å². The number of nitrogens with zero attached hydrogens (tertiary/aromatic N) is 1. The van der Waals surface area contributed by atoms with Crippen molar-refractivity contribution in [2.45, 2.75) is 141 Å². The molecular weight excluding hydrogens is 442 g/mol. The fraction of sp³-hybridized carbons (Fsp3) is 1.00. The summed E-state index contributed by atoms with van der Waals surface area (Å²) in [5, 5.41) is 23.2. The standard InChI is InChI=1S/C27H53N5OS/c1-25(2,3)20-14-12-19-16-28-34-23-10-8-9-22(31-23)29-21(27(6,7)33)13-11-18-15-26(4,5)32(17-18)24(19)30-20/h18-24,28-31,33H,8-17H2,1-7H3/t18-,19?,20?,21?,22?,23?,24?/m0/s1. The Morgan fingerprint density at radius 2 is 1.62 bits per heavy atom. The molecule has 34 heavy (non-hydrogen) atoms. The minimum atomic E-state index is -0.724. The van der Waals surface area contributed by atoms with Crippen LogP contribution in [-0.4, -0.2) is 64.0 Å². The Kier molecular flexibility index (Phi) is 8.36. The second-order valence-corrected chi connectivity index (χ2v) is 15.1. The smallest absolute Gasteiger partial charge is 0.0744 e. The molecule has 6 nitrogen and oxygen atoms in total. The van der Waals surface area contributed by atoms with Crippen LogP contribution in [0.4, 0.5) is 0 Å². The predicted octanol–water partition coefficient (Wildman–Crippen LogP) is 4.01. The van der Waals surface area contributed by atoms with Crippen LogP contribution in [0.5, 0.6) is 0 Å². The molecule has 0 radical (unpaired) electrons. The van der Waals surface area contributed by atoms with Crippen LogP contribution in [0.1, 0.15) is 99.8 Å². The summed E-state index contributed by atoms with van der Waals surface area (Å²) >= 11 is 1.89. The summed E-state index contributed by atoms with van der Waals surface area (Å²) < 4.78 is 3.80. The molecule has 0 spiro atoms. The second kappa shape index (κ2) is 10.5. The lowest BCUT2D eigenvalue weighted by Crippen LogP contribution is -2.63. The molecule has 0 amide bonds. The van der Waals surface area contributed by atoms with Gasteiger partial charge in [-0.2, -0.15) is 0 Å². The second-order valence-electron chi connectivity index (χ2n) is 14.0. The normalized spacial score (nSPS) is 42.4. The van der Waals surface area contributed by atoms with Crippen molar-refractivity contribution in [2.75, 3.05) is 13.1 Å². The number of nitrogens with one attached hydrogen (secondary N) is 4. The van der Waals surface area contributed by atoms with Gasteiger partial charge in [-0.05, 0) is 90.4 Å². The lowest BCUT2D eigenvalue weighted by atomic mass is 9.78. The van der Waals surface area contributed by atoms with Crippen LogP contribution in [0.25, 0.3) is 0 Å². The van der Waals surface area contributed by atoms with Gasteiger partial charge in [0.05, 0.1) is 23.3 Å². The van der Waals surface area contributed by atoms with Gasteiger partial charge >= 0.3 is 0 Å². The fourth-order valence-corrected chi connectivity index (χ4v) is 7.99. The Morgan fingerprint density at radius 1 is 0.882 bits per heavy atom. The largest absolute Gasteiger partial charge is 0.389 e. The van der Waals surface area contributed by atoms with Gasteiger partial charge < -0.3 is 5.11 Å². The first-order chi connectivity index (χ1) is 15.8. The molecule has 4 heterocycles. The minimum Gasteiger partial charge on any atom is -0.389 e. The van der Waals surface area contributed by atoms with Gasteiger partial charge in [0, 0.05) is 36.6 Å². The molecule has 4 aliphatic rings. The van der Waals surface area contributed by atoms with Gasteiger partial charge in [0.15, 0.2) is 0 Å². The molecule has 7 unspecified atom stereocenters. The summed E-state index contributed by atoms with van der Waals surface area (Å²) in [6, 6.07) is 0.665. The molecule has 4 rings (SSSR count). The van der Waals surface area contributed by atoms with Crippen molar-refractivity contribution in [3.05, 3.63) is 0 Å². The van der Waals surface area contributed by atoms with E-state index < -0.39 is 5.60 Å². The summed E-state index contributed by atoms with van der Waals surface area (Å²) in [6.45, 7) is 18.2. The van der Waals surface area contributed by atoms with E-state index in [1.54, 1.807) is 0 Å². The van der Waals surface area contributed by atoms with E-state index in [2.05, 4.69) is 60.2 Å². The van der Waals surface area contributed by atoms with Crippen molar-refractivity contribution in [1.82, 2.24) is 25.6 Å². The van der Waals surface area contributed by atoms with Crippen molar-refractivity contribution < 1.29 is 5.11 Å². The van der Waals surface area contributed by atoms with E-state index in [-0.39, 0.29) is 23.2 Å². The van der Waals surface area contributed by atoms with Gasteiger partial charge in [-0.25, -0.2) is 0 Å². The first-order valence-electron chi connectivity index (χ1n) is 14.0. The molecule has 5 N–H and O–H groups in total. The van der Waals surface area contributed by atoms with E-state index in [1.807, 2.05) is 25.8 Å². The third-order valence-corrected chi connectivity index (χ3v) is 10.1. The zero-order valence-electron chi connectivity index (χ0n) is 22.9. The Bertz CT molecular complexity index is 675. The maximum absolute atomic E-state index is 11.0. The van der Waals surface area contributed by atoms with Crippen LogP contribution in [0.15, 0.2) is 0 Å². The van der Waals surface area contributed by atoms with Gasteiger partial charge in [-0.3, -0.25) is 25.6 Å². The van der Waals surface area contributed by atoms with Crippen molar-refractivity contribution in [3.8, 4) is 0 Å². The van der Waals surface area contributed by atoms with Crippen molar-refractivity contribution in [2.24, 2.45) is 17.3 Å². The van der Waals surface area contributed by atoms with Gasteiger partial charge in [0.2, 0.25) is 0 Å². The van der Waals surface area contributed by atoms with Gasteiger partial charge in [0.25, 0.3) is 0 Å². The number of aliphatic hydroxyl groups is 1. The molecule has 4 saturated heterocycles. The Morgan fingerprint density at radius 3 is 2.32 bits per heavy atom. The van der Waals surface area contributed by atoms with Gasteiger partial charge in [-0.15, -0.1) is 0 Å². The lowest BCUT2D eigenvalue weighted by Gasteiger charge is -2.50. The summed E-state index contributed by atoms with van der Waals surface area (Å²) in [5.41, 5.74) is -0.252. The molecule has 0 aromatic rings. The summed E-state index contributed by atoms with van der Waals surface area (Å²) in [6.07, 6.45) is 10.2. The number of piperidine rings is 2. The van der Waals surface area contributed by atoms with Crippen LogP contribution >= 0.6 is 11.9 Å². The zero-order chi connectivity index (χ0) is 24.7. The summed E-state index contributed by atoms with van der Waals surface area (Å²) in [4.78, 5) is 2.81. The Hall–Kier alpha value is 0.110. The number of hydrogen-bond donors (Lipinski definition) is 5. The molecule has 7 heteroatoms. The van der Waals surface area contributed by atoms with Crippen molar-refractivity contribution in [3.63, 3.8) is 0 Å². The maximum atomic E-state index is 11.0. The van der Waals surface area contributed by atoms with Gasteiger partial charge in [0.1, 0.15) is 0 Å². The first-order valence-corrected chi connectivity index (χ1v) is 14.9. The molecule has 198 valence electrons. The molecule has 4 bridgehead atoms. The highest BCUT2D eigenvalue weighted by atomic mass is 32.2. The summed E-state index contributed by atoms with van der Waals surface area (Å²) in [5.74, 6) is 1.30. The van der Waals surface area contributed by atoms with Crippen LogP contribution in [0.2, 0.25) is 0 Å². The average Bonchev–Trinajstić information content (AvgIpc) is 3.03. The van der Waals surface area contributed by atoms with E-state index in [0.717, 1.165) is 25.9 Å². The van der Waals surface area contributed by atoms with Crippen molar-refractivity contribution >= 4 is 11.9 Å². The molecule has 0 aromatic carbocycles. The minimum absolute atomic E-state index is 0.106. The molecule has 8 atom stereocenters. The first kappa shape index (κ1) is 27.2. The Labute approximate surface area is 213 Å². The quantitative estimate of drug-likeness (QED) is 0.352. The van der Waals surface area contributed by atoms with Gasteiger partial charge in [-0.1, -0.05) is 32.7 Å². The third kappa shape index (κ3) is 6.51. The monoisotopic (exact) mass is 495 g/mol. The average molecular weight is 496 g/mol. The van der Waals surface area contributed by atoms with E-state index in [4.69, 9.17) is 0 Å².